The zero-order valence-electron chi connectivity index (χ0n) is 26.3. The molecule has 1 N–H and O–H groups in total. The number of benzene rings is 4. The number of halogens is 5. The van der Waals surface area contributed by atoms with Crippen molar-refractivity contribution in [3.05, 3.63) is 130 Å². The molecule has 4 aromatic carbocycles. The first-order chi connectivity index (χ1) is 22.6. The van der Waals surface area contributed by atoms with Gasteiger partial charge in [-0.1, -0.05) is 71.8 Å². The van der Waals surface area contributed by atoms with Crippen LogP contribution in [-0.4, -0.2) is 43.8 Å². The number of carbonyl (C=O) groups excluding carboxylic acids is 2. The minimum Gasteiger partial charge on any atom is -0.352 e. The first-order valence-electron chi connectivity index (χ1n) is 14.9. The van der Waals surface area contributed by atoms with Gasteiger partial charge in [-0.3, -0.25) is 13.9 Å². The quantitative estimate of drug-likeness (QED) is 0.159. The molecule has 0 fully saturated rings. The van der Waals surface area contributed by atoms with Crippen LogP contribution in [0.1, 0.15) is 36.1 Å². The number of rotatable bonds is 12. The van der Waals surface area contributed by atoms with Crippen LogP contribution < -0.4 is 9.62 Å². The second-order valence-electron chi connectivity index (χ2n) is 11.5. The molecule has 7 nitrogen and oxygen atoms in total. The predicted octanol–water partition coefficient (Wildman–Crippen LogP) is 7.17. The van der Waals surface area contributed by atoms with Crippen molar-refractivity contribution in [2.24, 2.45) is 0 Å². The third-order valence-electron chi connectivity index (χ3n) is 7.40. The van der Waals surface area contributed by atoms with Crippen LogP contribution in [0.4, 0.5) is 23.2 Å². The van der Waals surface area contributed by atoms with E-state index in [1.807, 2.05) is 0 Å². The molecular weight excluding hydrogens is 670 g/mol. The highest BCUT2D eigenvalue weighted by Crippen LogP contribution is 2.38. The summed E-state index contributed by atoms with van der Waals surface area (Å²) in [5.74, 6) is -1.96. The maximum Gasteiger partial charge on any atom is 0.417 e. The van der Waals surface area contributed by atoms with Gasteiger partial charge >= 0.3 is 6.18 Å². The van der Waals surface area contributed by atoms with Crippen LogP contribution in [0.5, 0.6) is 0 Å². The van der Waals surface area contributed by atoms with Crippen molar-refractivity contribution in [3.63, 3.8) is 0 Å². The van der Waals surface area contributed by atoms with Gasteiger partial charge in [0.1, 0.15) is 18.4 Å². The maximum absolute atomic E-state index is 14.4. The predicted molar refractivity (Wildman–Crippen MR) is 176 cm³/mol. The lowest BCUT2D eigenvalue weighted by atomic mass is 10.0. The van der Waals surface area contributed by atoms with Gasteiger partial charge in [-0.25, -0.2) is 12.8 Å². The van der Waals surface area contributed by atoms with Gasteiger partial charge in [-0.2, -0.15) is 13.2 Å². The first kappa shape index (κ1) is 36.4. The molecule has 0 saturated heterocycles. The minimum atomic E-state index is -4.93. The lowest BCUT2D eigenvalue weighted by Gasteiger charge is -2.34. The minimum absolute atomic E-state index is 0.0240. The van der Waals surface area contributed by atoms with Crippen LogP contribution in [0.3, 0.4) is 0 Å². The number of nitrogens with one attached hydrogen (secondary N) is 1. The zero-order valence-corrected chi connectivity index (χ0v) is 27.9. The number of hydrogen-bond acceptors (Lipinski definition) is 4. The number of alkyl halides is 3. The molecule has 0 radical (unpaired) electrons. The normalized spacial score (nSPS) is 12.4. The van der Waals surface area contributed by atoms with E-state index in [9.17, 15) is 35.6 Å². The number of hydrogen-bond donors (Lipinski definition) is 1. The number of carbonyl (C=O) groups is 2. The molecule has 4 aromatic rings. The summed E-state index contributed by atoms with van der Waals surface area (Å²) in [6.45, 7) is 3.98. The summed E-state index contributed by atoms with van der Waals surface area (Å²) >= 11 is 5.85. The molecule has 254 valence electrons. The monoisotopic (exact) mass is 703 g/mol. The van der Waals surface area contributed by atoms with E-state index < -0.39 is 62.7 Å². The molecule has 0 unspecified atom stereocenters. The number of amides is 2. The number of anilines is 1. The lowest BCUT2D eigenvalue weighted by molar-refractivity contribution is -0.140. The fraction of sp³-hybridized carbons (Fsp3) is 0.257. The first-order valence-corrected chi connectivity index (χ1v) is 16.7. The van der Waals surface area contributed by atoms with E-state index in [0.717, 1.165) is 22.6 Å². The Morgan fingerprint density at radius 2 is 1.50 bits per heavy atom. The van der Waals surface area contributed by atoms with Crippen LogP contribution >= 0.6 is 11.6 Å². The van der Waals surface area contributed by atoms with Crippen LogP contribution in [0.25, 0.3) is 0 Å². The van der Waals surface area contributed by atoms with Gasteiger partial charge in [-0.15, -0.1) is 0 Å². The fourth-order valence-electron chi connectivity index (χ4n) is 4.97. The summed E-state index contributed by atoms with van der Waals surface area (Å²) < 4.78 is 84.4. The van der Waals surface area contributed by atoms with E-state index in [2.05, 4.69) is 5.32 Å². The third-order valence-corrected chi connectivity index (χ3v) is 9.52. The Labute approximate surface area is 282 Å². The second kappa shape index (κ2) is 15.2. The number of sulfonamides is 1. The Kier molecular flexibility index (Phi) is 11.5. The molecule has 0 spiro atoms. The topological polar surface area (TPSA) is 86.8 Å². The highest BCUT2D eigenvalue weighted by atomic mass is 35.5. The van der Waals surface area contributed by atoms with Gasteiger partial charge in [0, 0.05) is 19.0 Å². The molecule has 0 aliphatic rings. The van der Waals surface area contributed by atoms with Gasteiger partial charge in [-0.05, 0) is 74.4 Å². The summed E-state index contributed by atoms with van der Waals surface area (Å²) in [4.78, 5) is 29.0. The van der Waals surface area contributed by atoms with Gasteiger partial charge in [0.25, 0.3) is 10.0 Å². The zero-order chi connectivity index (χ0) is 35.2. The van der Waals surface area contributed by atoms with Crippen molar-refractivity contribution in [2.75, 3.05) is 10.8 Å². The van der Waals surface area contributed by atoms with E-state index in [1.165, 1.54) is 48.5 Å². The van der Waals surface area contributed by atoms with Crippen molar-refractivity contribution < 1.29 is 35.6 Å². The molecule has 0 aromatic heterocycles. The van der Waals surface area contributed by atoms with Gasteiger partial charge in [0.05, 0.1) is 21.2 Å². The molecule has 13 heteroatoms. The van der Waals surface area contributed by atoms with Crippen molar-refractivity contribution in [1.82, 2.24) is 10.2 Å². The van der Waals surface area contributed by atoms with Crippen LogP contribution in [-0.2, 0) is 38.8 Å². The molecular formula is C35H34ClF4N3O4S. The molecule has 0 bridgehead atoms. The summed E-state index contributed by atoms with van der Waals surface area (Å²) in [6.07, 6.45) is -4.91. The Bertz CT molecular complexity index is 1840. The molecule has 48 heavy (non-hydrogen) atoms. The van der Waals surface area contributed by atoms with E-state index in [1.54, 1.807) is 51.1 Å². The summed E-state index contributed by atoms with van der Waals surface area (Å²) in [5.41, 5.74) is 0.0926. The van der Waals surface area contributed by atoms with Crippen molar-refractivity contribution in [1.29, 1.82) is 0 Å². The number of aryl methyl sites for hydroxylation is 1. The van der Waals surface area contributed by atoms with Gasteiger partial charge < -0.3 is 10.2 Å². The Morgan fingerprint density at radius 1 is 0.875 bits per heavy atom. The SMILES string of the molecule is Cc1ccc(S(=O)(=O)N(CC(=O)N(Cc2ccc(F)cc2)[C@@H](Cc2ccccc2)C(=O)NC(C)C)c2ccc(Cl)c(C(F)(F)F)c2)cc1. The maximum atomic E-state index is 14.4. The molecule has 1 atom stereocenters. The Balaban J connectivity index is 1.86. The summed E-state index contributed by atoms with van der Waals surface area (Å²) in [5, 5.41) is 2.15. The van der Waals surface area contributed by atoms with Crippen LogP contribution in [0, 0.1) is 12.7 Å². The van der Waals surface area contributed by atoms with Gasteiger partial charge in [0.2, 0.25) is 11.8 Å². The third kappa shape index (κ3) is 9.13. The standard InChI is InChI=1S/C35H34ClF4N3O4S/c1-23(2)41-34(45)32(19-25-7-5-4-6-8-25)42(21-26-11-13-27(37)14-12-26)33(44)22-43(48(46,47)29-16-9-24(3)10-17-29)28-15-18-31(36)30(20-28)35(38,39)40/h4-18,20,23,32H,19,21-22H2,1-3H3,(H,41,45)/t32-/m0/s1. The van der Waals surface area contributed by atoms with E-state index >= 15 is 0 Å². The smallest absolute Gasteiger partial charge is 0.352 e. The highest BCUT2D eigenvalue weighted by molar-refractivity contribution is 7.92. The van der Waals surface area contributed by atoms with Gasteiger partial charge in [0.15, 0.2) is 0 Å². The van der Waals surface area contributed by atoms with Crippen molar-refractivity contribution in [3.8, 4) is 0 Å². The van der Waals surface area contributed by atoms with E-state index in [-0.39, 0.29) is 23.9 Å². The lowest BCUT2D eigenvalue weighted by Crippen LogP contribution is -2.54. The summed E-state index contributed by atoms with van der Waals surface area (Å²) in [7, 11) is -4.65. The molecule has 0 aliphatic carbocycles. The average Bonchev–Trinajstić information content (AvgIpc) is 3.02. The van der Waals surface area contributed by atoms with Crippen molar-refractivity contribution >= 4 is 39.1 Å². The van der Waals surface area contributed by atoms with E-state index in [4.69, 9.17) is 11.6 Å². The van der Waals surface area contributed by atoms with Crippen molar-refractivity contribution in [2.45, 2.75) is 56.9 Å². The molecule has 0 aliphatic heterocycles. The van der Waals surface area contributed by atoms with E-state index in [0.29, 0.717) is 21.5 Å². The molecule has 0 heterocycles. The van der Waals surface area contributed by atoms with Crippen LogP contribution in [0.15, 0.2) is 102 Å². The Hall–Kier alpha value is -4.42. The molecule has 2 amide bonds. The average molecular weight is 704 g/mol. The van der Waals surface area contributed by atoms with Crippen LogP contribution in [0.2, 0.25) is 5.02 Å². The second-order valence-corrected chi connectivity index (χ2v) is 13.8. The Morgan fingerprint density at radius 3 is 2.08 bits per heavy atom. The summed E-state index contributed by atoms with van der Waals surface area (Å²) in [6, 6.07) is 20.7. The fourth-order valence-corrected chi connectivity index (χ4v) is 6.60. The highest BCUT2D eigenvalue weighted by Gasteiger charge is 2.37. The molecule has 4 rings (SSSR count). The molecule has 0 saturated carbocycles. The largest absolute Gasteiger partial charge is 0.417 e. The number of nitrogens with zero attached hydrogens (tertiary/aromatic N) is 2.